The predicted octanol–water partition coefficient (Wildman–Crippen LogP) is 4.76. The van der Waals surface area contributed by atoms with Crippen LogP contribution >= 0.6 is 23.2 Å². The van der Waals surface area contributed by atoms with Gasteiger partial charge in [-0.25, -0.2) is 0 Å². The highest BCUT2D eigenvalue weighted by Crippen LogP contribution is 2.40. The average Bonchev–Trinajstić information content (AvgIpc) is 2.93. The van der Waals surface area contributed by atoms with Gasteiger partial charge < -0.3 is 14.5 Å². The van der Waals surface area contributed by atoms with Crippen molar-refractivity contribution >= 4 is 23.2 Å². The Morgan fingerprint density at radius 1 is 1.35 bits per heavy atom. The molecule has 0 amide bonds. The SMILES string of the molecule is C[C@H](NC1CCOc2c(Cl)cc(Cl)cc21)c1ccco1. The van der Waals surface area contributed by atoms with Crippen LogP contribution in [0.1, 0.15) is 36.8 Å². The highest BCUT2D eigenvalue weighted by Gasteiger charge is 2.26. The fourth-order valence-electron chi connectivity index (χ4n) is 2.52. The largest absolute Gasteiger partial charge is 0.492 e. The molecule has 2 heterocycles. The van der Waals surface area contributed by atoms with Crippen molar-refractivity contribution in [3.05, 3.63) is 51.9 Å². The summed E-state index contributed by atoms with van der Waals surface area (Å²) in [6.45, 7) is 2.71. The van der Waals surface area contributed by atoms with Crippen LogP contribution in [0.4, 0.5) is 0 Å². The maximum atomic E-state index is 6.19. The molecule has 0 aliphatic carbocycles. The molecule has 0 saturated heterocycles. The fourth-order valence-corrected chi connectivity index (χ4v) is 3.08. The number of benzene rings is 1. The third kappa shape index (κ3) is 2.66. The number of fused-ring (bicyclic) bond motifs is 1. The Balaban J connectivity index is 1.86. The van der Waals surface area contributed by atoms with Crippen LogP contribution in [0.25, 0.3) is 0 Å². The molecule has 106 valence electrons. The summed E-state index contributed by atoms with van der Waals surface area (Å²) in [4.78, 5) is 0. The van der Waals surface area contributed by atoms with E-state index in [9.17, 15) is 0 Å². The summed E-state index contributed by atoms with van der Waals surface area (Å²) in [6, 6.07) is 7.73. The Morgan fingerprint density at radius 2 is 2.20 bits per heavy atom. The minimum absolute atomic E-state index is 0.110. The van der Waals surface area contributed by atoms with E-state index >= 15 is 0 Å². The second-order valence-electron chi connectivity index (χ2n) is 4.90. The van der Waals surface area contributed by atoms with Crippen molar-refractivity contribution in [3.63, 3.8) is 0 Å². The number of furan rings is 1. The Morgan fingerprint density at radius 3 is 2.95 bits per heavy atom. The zero-order valence-corrected chi connectivity index (χ0v) is 12.5. The van der Waals surface area contributed by atoms with Crippen molar-refractivity contribution in [1.82, 2.24) is 5.32 Å². The average molecular weight is 312 g/mol. The molecule has 1 aromatic heterocycles. The van der Waals surface area contributed by atoms with E-state index in [0.717, 1.165) is 23.5 Å². The lowest BCUT2D eigenvalue weighted by Crippen LogP contribution is -2.29. The van der Waals surface area contributed by atoms with Crippen LogP contribution in [0.2, 0.25) is 10.0 Å². The van der Waals surface area contributed by atoms with E-state index in [0.29, 0.717) is 16.7 Å². The van der Waals surface area contributed by atoms with Crippen LogP contribution in [-0.2, 0) is 0 Å². The molecule has 1 aliphatic rings. The third-order valence-corrected chi connectivity index (χ3v) is 3.99. The number of ether oxygens (including phenoxy) is 1. The van der Waals surface area contributed by atoms with Gasteiger partial charge in [-0.3, -0.25) is 0 Å². The molecule has 3 rings (SSSR count). The maximum absolute atomic E-state index is 6.19. The van der Waals surface area contributed by atoms with Gasteiger partial charge in [-0.05, 0) is 31.2 Å². The normalized spacial score (nSPS) is 19.2. The first-order valence-electron chi connectivity index (χ1n) is 6.56. The van der Waals surface area contributed by atoms with Crippen molar-refractivity contribution in [2.75, 3.05) is 6.61 Å². The monoisotopic (exact) mass is 311 g/mol. The van der Waals surface area contributed by atoms with Crippen molar-refractivity contribution in [2.24, 2.45) is 0 Å². The van der Waals surface area contributed by atoms with Gasteiger partial charge >= 0.3 is 0 Å². The summed E-state index contributed by atoms with van der Waals surface area (Å²) in [5.74, 6) is 1.64. The summed E-state index contributed by atoms with van der Waals surface area (Å²) in [5, 5.41) is 4.72. The first-order chi connectivity index (χ1) is 9.65. The number of hydrogen-bond acceptors (Lipinski definition) is 3. The molecular weight excluding hydrogens is 297 g/mol. The first-order valence-corrected chi connectivity index (χ1v) is 7.32. The highest BCUT2D eigenvalue weighted by molar-refractivity contribution is 6.35. The molecule has 2 aromatic rings. The number of rotatable bonds is 3. The Hall–Kier alpha value is -1.16. The van der Waals surface area contributed by atoms with Gasteiger partial charge in [0.2, 0.25) is 0 Å². The number of nitrogens with one attached hydrogen (secondary N) is 1. The Labute approximate surface area is 127 Å². The maximum Gasteiger partial charge on any atom is 0.142 e. The van der Waals surface area contributed by atoms with Crippen molar-refractivity contribution in [1.29, 1.82) is 0 Å². The van der Waals surface area contributed by atoms with Gasteiger partial charge in [0.25, 0.3) is 0 Å². The van der Waals surface area contributed by atoms with E-state index < -0.39 is 0 Å². The van der Waals surface area contributed by atoms with E-state index in [-0.39, 0.29) is 12.1 Å². The lowest BCUT2D eigenvalue weighted by Gasteiger charge is -2.29. The van der Waals surface area contributed by atoms with Gasteiger partial charge in [0.05, 0.1) is 23.9 Å². The molecule has 1 aromatic carbocycles. The molecule has 5 heteroatoms. The molecule has 0 radical (unpaired) electrons. The molecule has 20 heavy (non-hydrogen) atoms. The minimum Gasteiger partial charge on any atom is -0.492 e. The van der Waals surface area contributed by atoms with E-state index in [1.807, 2.05) is 18.2 Å². The summed E-state index contributed by atoms with van der Waals surface area (Å²) in [7, 11) is 0. The van der Waals surface area contributed by atoms with Crippen molar-refractivity contribution in [2.45, 2.75) is 25.4 Å². The van der Waals surface area contributed by atoms with Crippen molar-refractivity contribution in [3.8, 4) is 5.75 Å². The lowest BCUT2D eigenvalue weighted by atomic mass is 9.99. The Kier molecular flexibility index (Phi) is 3.92. The van der Waals surface area contributed by atoms with E-state index in [1.165, 1.54) is 0 Å². The topological polar surface area (TPSA) is 34.4 Å². The van der Waals surface area contributed by atoms with E-state index in [4.69, 9.17) is 32.4 Å². The summed E-state index contributed by atoms with van der Waals surface area (Å²) >= 11 is 12.3. The molecule has 0 spiro atoms. The molecule has 0 fully saturated rings. The predicted molar refractivity (Wildman–Crippen MR) is 79.6 cm³/mol. The van der Waals surface area contributed by atoms with Gasteiger partial charge in [0, 0.05) is 23.0 Å². The molecule has 1 N–H and O–H groups in total. The zero-order valence-electron chi connectivity index (χ0n) is 11.0. The van der Waals surface area contributed by atoms with Crippen LogP contribution in [0, 0.1) is 0 Å². The quantitative estimate of drug-likeness (QED) is 0.887. The van der Waals surface area contributed by atoms with Crippen LogP contribution in [0.5, 0.6) is 5.75 Å². The van der Waals surface area contributed by atoms with Gasteiger partial charge in [0.15, 0.2) is 0 Å². The molecular formula is C15H15Cl2NO2. The molecule has 0 saturated carbocycles. The van der Waals surface area contributed by atoms with E-state index in [2.05, 4.69) is 12.2 Å². The first kappa shape index (κ1) is 13.8. The van der Waals surface area contributed by atoms with Gasteiger partial charge in [-0.1, -0.05) is 23.2 Å². The molecule has 0 bridgehead atoms. The molecule has 2 atom stereocenters. The van der Waals surface area contributed by atoms with Crippen LogP contribution in [0.3, 0.4) is 0 Å². The van der Waals surface area contributed by atoms with Gasteiger partial charge in [-0.15, -0.1) is 0 Å². The van der Waals surface area contributed by atoms with Crippen LogP contribution in [-0.4, -0.2) is 6.61 Å². The minimum atomic E-state index is 0.110. The Bertz CT molecular complexity index is 598. The van der Waals surface area contributed by atoms with Crippen LogP contribution < -0.4 is 10.1 Å². The standard InChI is InChI=1S/C15H15Cl2NO2/c1-9(14-3-2-5-19-14)18-13-4-6-20-15-11(13)7-10(16)8-12(15)17/h2-3,5,7-9,13,18H,4,6H2,1H3/t9-,13?/m0/s1. The highest BCUT2D eigenvalue weighted by atomic mass is 35.5. The summed E-state index contributed by atoms with van der Waals surface area (Å²) in [5.41, 5.74) is 1.01. The summed E-state index contributed by atoms with van der Waals surface area (Å²) in [6.07, 6.45) is 2.55. The lowest BCUT2D eigenvalue weighted by molar-refractivity contribution is 0.242. The van der Waals surface area contributed by atoms with Gasteiger partial charge in [0.1, 0.15) is 11.5 Å². The molecule has 1 aliphatic heterocycles. The second kappa shape index (κ2) is 5.68. The third-order valence-electron chi connectivity index (χ3n) is 3.49. The second-order valence-corrected chi connectivity index (χ2v) is 5.74. The number of hydrogen-bond donors (Lipinski definition) is 1. The summed E-state index contributed by atoms with van der Waals surface area (Å²) < 4.78 is 11.1. The van der Waals surface area contributed by atoms with Crippen LogP contribution in [0.15, 0.2) is 34.9 Å². The zero-order chi connectivity index (χ0) is 14.1. The smallest absolute Gasteiger partial charge is 0.142 e. The fraction of sp³-hybridized carbons (Fsp3) is 0.333. The molecule has 1 unspecified atom stereocenters. The van der Waals surface area contributed by atoms with Gasteiger partial charge in [-0.2, -0.15) is 0 Å². The molecule has 3 nitrogen and oxygen atoms in total. The van der Waals surface area contributed by atoms with E-state index in [1.54, 1.807) is 12.3 Å². The number of halogens is 2. The van der Waals surface area contributed by atoms with Crippen molar-refractivity contribution < 1.29 is 9.15 Å².